The van der Waals surface area contributed by atoms with E-state index in [-0.39, 0.29) is 6.04 Å². The second kappa shape index (κ2) is 6.32. The van der Waals surface area contributed by atoms with Crippen molar-refractivity contribution in [3.8, 4) is 0 Å². The summed E-state index contributed by atoms with van der Waals surface area (Å²) in [5, 5.41) is 0. The van der Waals surface area contributed by atoms with Gasteiger partial charge in [-0.1, -0.05) is 37.3 Å². The number of nitrogens with zero attached hydrogens (tertiary/aromatic N) is 1. The SMILES string of the molecule is CCN(Cc1ccccc1)CC(N)C=O. The van der Waals surface area contributed by atoms with Gasteiger partial charge in [0.05, 0.1) is 6.04 Å². The maximum absolute atomic E-state index is 10.5. The Morgan fingerprint density at radius 2 is 2.07 bits per heavy atom. The number of aldehydes is 1. The summed E-state index contributed by atoms with van der Waals surface area (Å²) in [7, 11) is 0. The summed E-state index contributed by atoms with van der Waals surface area (Å²) in [6.07, 6.45) is 0.799. The number of likely N-dealkylation sites (N-methyl/N-ethyl adjacent to an activating group) is 1. The van der Waals surface area contributed by atoms with Crippen molar-refractivity contribution in [1.29, 1.82) is 0 Å². The van der Waals surface area contributed by atoms with Crippen LogP contribution in [-0.2, 0) is 11.3 Å². The highest BCUT2D eigenvalue weighted by Gasteiger charge is 2.08. The summed E-state index contributed by atoms with van der Waals surface area (Å²) in [5.41, 5.74) is 6.84. The molecule has 1 atom stereocenters. The molecule has 0 saturated heterocycles. The lowest BCUT2D eigenvalue weighted by molar-refractivity contribution is -0.109. The quantitative estimate of drug-likeness (QED) is 0.707. The van der Waals surface area contributed by atoms with Crippen LogP contribution < -0.4 is 5.73 Å². The van der Waals surface area contributed by atoms with Gasteiger partial charge in [-0.3, -0.25) is 4.90 Å². The first-order valence-electron chi connectivity index (χ1n) is 5.23. The van der Waals surface area contributed by atoms with E-state index >= 15 is 0 Å². The smallest absolute Gasteiger partial charge is 0.137 e. The molecular formula is C12H18N2O. The molecule has 0 heterocycles. The maximum Gasteiger partial charge on any atom is 0.137 e. The molecule has 1 rings (SSSR count). The van der Waals surface area contributed by atoms with Gasteiger partial charge in [-0.2, -0.15) is 0 Å². The number of carbonyl (C=O) groups excluding carboxylic acids is 1. The van der Waals surface area contributed by atoms with Gasteiger partial charge in [0.25, 0.3) is 0 Å². The molecule has 3 nitrogen and oxygen atoms in total. The molecule has 0 aromatic heterocycles. The molecule has 3 heteroatoms. The van der Waals surface area contributed by atoms with Crippen LogP contribution in [-0.4, -0.2) is 30.3 Å². The van der Waals surface area contributed by atoms with Gasteiger partial charge in [0.2, 0.25) is 0 Å². The Morgan fingerprint density at radius 1 is 1.40 bits per heavy atom. The van der Waals surface area contributed by atoms with Crippen LogP contribution in [0.1, 0.15) is 12.5 Å². The van der Waals surface area contributed by atoms with Crippen LogP contribution in [0.3, 0.4) is 0 Å². The number of nitrogens with two attached hydrogens (primary N) is 1. The van der Waals surface area contributed by atoms with E-state index in [9.17, 15) is 4.79 Å². The third-order valence-corrected chi connectivity index (χ3v) is 2.34. The van der Waals surface area contributed by atoms with Crippen LogP contribution in [0, 0.1) is 0 Å². The lowest BCUT2D eigenvalue weighted by atomic mass is 10.2. The van der Waals surface area contributed by atoms with Gasteiger partial charge in [0.1, 0.15) is 6.29 Å². The van der Waals surface area contributed by atoms with E-state index in [1.54, 1.807) is 0 Å². The predicted molar refractivity (Wildman–Crippen MR) is 61.4 cm³/mol. The van der Waals surface area contributed by atoms with Crippen LogP contribution in [0.25, 0.3) is 0 Å². The van der Waals surface area contributed by atoms with Gasteiger partial charge in [-0.15, -0.1) is 0 Å². The molecule has 2 N–H and O–H groups in total. The fourth-order valence-corrected chi connectivity index (χ4v) is 1.49. The minimum absolute atomic E-state index is 0.381. The minimum atomic E-state index is -0.381. The standard InChI is InChI=1S/C12H18N2O/c1-2-14(9-12(13)10-15)8-11-6-4-3-5-7-11/h3-7,10,12H,2,8-9,13H2,1H3. The number of hydrogen-bond acceptors (Lipinski definition) is 3. The molecule has 0 amide bonds. The summed E-state index contributed by atoms with van der Waals surface area (Å²) in [5.74, 6) is 0. The molecule has 0 aliphatic carbocycles. The topological polar surface area (TPSA) is 46.3 Å². The Kier molecular flexibility index (Phi) is 5.01. The van der Waals surface area contributed by atoms with Crippen molar-refractivity contribution < 1.29 is 4.79 Å². The Hall–Kier alpha value is -1.19. The monoisotopic (exact) mass is 206 g/mol. The molecule has 1 aromatic rings. The molecule has 15 heavy (non-hydrogen) atoms. The molecule has 0 fully saturated rings. The fraction of sp³-hybridized carbons (Fsp3) is 0.417. The zero-order chi connectivity index (χ0) is 11.1. The number of carbonyl (C=O) groups is 1. The van der Waals surface area contributed by atoms with Crippen molar-refractivity contribution in [2.45, 2.75) is 19.5 Å². The van der Waals surface area contributed by atoms with E-state index < -0.39 is 0 Å². The van der Waals surface area contributed by atoms with Crippen LogP contribution >= 0.6 is 0 Å². The van der Waals surface area contributed by atoms with Gasteiger partial charge >= 0.3 is 0 Å². The van der Waals surface area contributed by atoms with E-state index in [1.807, 2.05) is 18.2 Å². The summed E-state index contributed by atoms with van der Waals surface area (Å²) in [6, 6.07) is 9.81. The molecule has 0 bridgehead atoms. The lowest BCUT2D eigenvalue weighted by Crippen LogP contribution is -2.38. The third kappa shape index (κ3) is 4.23. The molecule has 0 saturated carbocycles. The fourth-order valence-electron chi connectivity index (χ4n) is 1.49. The van der Waals surface area contributed by atoms with Gasteiger partial charge in [-0.25, -0.2) is 0 Å². The Balaban J connectivity index is 2.50. The largest absolute Gasteiger partial charge is 0.321 e. The first kappa shape index (κ1) is 11.9. The highest BCUT2D eigenvalue weighted by molar-refractivity contribution is 5.57. The van der Waals surface area contributed by atoms with Gasteiger partial charge in [0, 0.05) is 13.1 Å². The average Bonchev–Trinajstić information content (AvgIpc) is 2.29. The highest BCUT2D eigenvalue weighted by Crippen LogP contribution is 2.03. The van der Waals surface area contributed by atoms with Crippen LogP contribution in [0.5, 0.6) is 0 Å². The maximum atomic E-state index is 10.5. The first-order chi connectivity index (χ1) is 7.26. The summed E-state index contributed by atoms with van der Waals surface area (Å²) >= 11 is 0. The zero-order valence-electron chi connectivity index (χ0n) is 9.10. The highest BCUT2D eigenvalue weighted by atomic mass is 16.1. The van der Waals surface area contributed by atoms with E-state index in [0.717, 1.165) is 19.4 Å². The predicted octanol–water partition coefficient (Wildman–Crippen LogP) is 1.03. The third-order valence-electron chi connectivity index (χ3n) is 2.34. The molecule has 1 aromatic carbocycles. The molecule has 1 unspecified atom stereocenters. The van der Waals surface area contributed by atoms with Gasteiger partial charge in [0.15, 0.2) is 0 Å². The lowest BCUT2D eigenvalue weighted by Gasteiger charge is -2.21. The molecule has 0 radical (unpaired) electrons. The first-order valence-corrected chi connectivity index (χ1v) is 5.23. The summed E-state index contributed by atoms with van der Waals surface area (Å²) in [6.45, 7) is 4.44. The molecule has 0 aliphatic rings. The number of rotatable bonds is 6. The van der Waals surface area contributed by atoms with Crippen LogP contribution in [0.4, 0.5) is 0 Å². The Morgan fingerprint density at radius 3 is 2.60 bits per heavy atom. The second-order valence-corrected chi connectivity index (χ2v) is 3.61. The van der Waals surface area contributed by atoms with Crippen molar-refractivity contribution in [3.05, 3.63) is 35.9 Å². The Bertz CT molecular complexity index is 287. The van der Waals surface area contributed by atoms with Crippen molar-refractivity contribution >= 4 is 6.29 Å². The van der Waals surface area contributed by atoms with Gasteiger partial charge < -0.3 is 10.5 Å². The summed E-state index contributed by atoms with van der Waals surface area (Å²) in [4.78, 5) is 12.6. The second-order valence-electron chi connectivity index (χ2n) is 3.61. The molecule has 0 aliphatic heterocycles. The average molecular weight is 206 g/mol. The van der Waals surface area contributed by atoms with Gasteiger partial charge in [-0.05, 0) is 12.1 Å². The van der Waals surface area contributed by atoms with E-state index in [2.05, 4.69) is 24.0 Å². The van der Waals surface area contributed by atoms with E-state index in [1.165, 1.54) is 5.56 Å². The number of benzene rings is 1. The van der Waals surface area contributed by atoms with E-state index in [0.29, 0.717) is 6.54 Å². The van der Waals surface area contributed by atoms with Crippen molar-refractivity contribution in [3.63, 3.8) is 0 Å². The van der Waals surface area contributed by atoms with Crippen LogP contribution in [0.15, 0.2) is 30.3 Å². The number of hydrogen-bond donors (Lipinski definition) is 1. The minimum Gasteiger partial charge on any atom is -0.321 e. The molecule has 0 spiro atoms. The zero-order valence-corrected chi connectivity index (χ0v) is 9.10. The van der Waals surface area contributed by atoms with E-state index in [4.69, 9.17) is 5.73 Å². The van der Waals surface area contributed by atoms with Crippen molar-refractivity contribution in [1.82, 2.24) is 4.90 Å². The molecular weight excluding hydrogens is 188 g/mol. The van der Waals surface area contributed by atoms with Crippen LogP contribution in [0.2, 0.25) is 0 Å². The summed E-state index contributed by atoms with van der Waals surface area (Å²) < 4.78 is 0. The molecule has 82 valence electrons. The normalized spacial score (nSPS) is 12.7. The van der Waals surface area contributed by atoms with Crippen molar-refractivity contribution in [2.75, 3.05) is 13.1 Å². The van der Waals surface area contributed by atoms with Crippen molar-refractivity contribution in [2.24, 2.45) is 5.73 Å². The Labute approximate surface area is 90.9 Å².